The molecule has 1 unspecified atom stereocenters. The first-order valence-electron chi connectivity index (χ1n) is 10.1. The first-order chi connectivity index (χ1) is 14.3. The molecule has 1 amide bonds. The van der Waals surface area contributed by atoms with Crippen LogP contribution in [0.15, 0.2) is 47.4 Å². The van der Waals surface area contributed by atoms with Crippen LogP contribution < -0.4 is 9.46 Å². The van der Waals surface area contributed by atoms with Crippen LogP contribution in [0.25, 0.3) is 0 Å². The van der Waals surface area contributed by atoms with Gasteiger partial charge in [0.15, 0.2) is 5.78 Å². The van der Waals surface area contributed by atoms with Crippen molar-refractivity contribution in [1.82, 2.24) is 4.90 Å². The number of amides is 1. The first kappa shape index (κ1) is 20.4. The third kappa shape index (κ3) is 4.05. The molecule has 158 valence electrons. The number of rotatable bonds is 4. The molecule has 1 fully saturated rings. The molecule has 0 radical (unpaired) electrons. The number of sulfonamides is 1. The molecule has 2 aromatic carbocycles. The average molecular weight is 429 g/mol. The Kier molecular flexibility index (Phi) is 5.51. The van der Waals surface area contributed by atoms with Crippen LogP contribution in [0.5, 0.6) is 5.75 Å². The van der Waals surface area contributed by atoms with Crippen molar-refractivity contribution in [3.8, 4) is 5.75 Å². The maximum absolute atomic E-state index is 13.2. The fourth-order valence-corrected chi connectivity index (χ4v) is 5.11. The van der Waals surface area contributed by atoms with Gasteiger partial charge in [0.1, 0.15) is 5.75 Å². The van der Waals surface area contributed by atoms with Crippen molar-refractivity contribution in [3.05, 3.63) is 53.6 Å². The summed E-state index contributed by atoms with van der Waals surface area (Å²) in [7, 11) is -3.92. The summed E-state index contributed by atoms with van der Waals surface area (Å²) in [5, 5.41) is 0. The van der Waals surface area contributed by atoms with Gasteiger partial charge in [-0.1, -0.05) is 12.1 Å². The summed E-state index contributed by atoms with van der Waals surface area (Å²) < 4.78 is 34.0. The number of nitrogens with one attached hydrogen (secondary N) is 1. The Bertz CT molecular complexity index is 1100. The highest BCUT2D eigenvalue weighted by atomic mass is 32.2. The zero-order valence-corrected chi connectivity index (χ0v) is 17.6. The number of hydrogen-bond acceptors (Lipinski definition) is 5. The van der Waals surface area contributed by atoms with E-state index in [9.17, 15) is 18.0 Å². The van der Waals surface area contributed by atoms with Crippen LogP contribution in [0.1, 0.15) is 53.3 Å². The predicted molar refractivity (Wildman–Crippen MR) is 112 cm³/mol. The second kappa shape index (κ2) is 8.10. The van der Waals surface area contributed by atoms with E-state index in [1.54, 1.807) is 18.2 Å². The van der Waals surface area contributed by atoms with Crippen molar-refractivity contribution in [2.75, 3.05) is 17.9 Å². The second-order valence-corrected chi connectivity index (χ2v) is 9.37. The lowest BCUT2D eigenvalue weighted by atomic mass is 9.97. The minimum Gasteiger partial charge on any atom is -0.493 e. The monoisotopic (exact) mass is 428 g/mol. The molecular formula is C22H24N2O5S. The van der Waals surface area contributed by atoms with Crippen LogP contribution in [-0.4, -0.2) is 44.2 Å². The maximum Gasteiger partial charge on any atom is 0.261 e. The van der Waals surface area contributed by atoms with Crippen molar-refractivity contribution in [2.24, 2.45) is 0 Å². The van der Waals surface area contributed by atoms with Crippen molar-refractivity contribution in [3.63, 3.8) is 0 Å². The summed E-state index contributed by atoms with van der Waals surface area (Å²) in [6.45, 7) is 2.61. The van der Waals surface area contributed by atoms with Gasteiger partial charge in [0.05, 0.1) is 17.1 Å². The van der Waals surface area contributed by atoms with E-state index in [1.807, 2.05) is 4.90 Å². The van der Waals surface area contributed by atoms with Crippen LogP contribution in [0, 0.1) is 0 Å². The van der Waals surface area contributed by atoms with Crippen LogP contribution in [-0.2, 0) is 10.0 Å². The molecule has 2 aliphatic heterocycles. The Morgan fingerprint density at radius 2 is 1.97 bits per heavy atom. The van der Waals surface area contributed by atoms with E-state index in [4.69, 9.17) is 4.74 Å². The molecule has 0 saturated carbocycles. The van der Waals surface area contributed by atoms with Gasteiger partial charge in [0.2, 0.25) is 0 Å². The maximum atomic E-state index is 13.2. The molecule has 4 rings (SSSR count). The number of carbonyl (C=O) groups excluding carboxylic acids is 2. The summed E-state index contributed by atoms with van der Waals surface area (Å²) in [4.78, 5) is 26.6. The molecule has 0 aromatic heterocycles. The Labute approximate surface area is 176 Å². The molecule has 30 heavy (non-hydrogen) atoms. The first-order valence-corrected chi connectivity index (χ1v) is 11.5. The molecule has 0 bridgehead atoms. The topological polar surface area (TPSA) is 92.8 Å². The lowest BCUT2D eigenvalue weighted by Gasteiger charge is -2.37. The number of ether oxygens (including phenoxy) is 1. The Morgan fingerprint density at radius 1 is 1.13 bits per heavy atom. The van der Waals surface area contributed by atoms with Crippen LogP contribution in [0.3, 0.4) is 0 Å². The number of benzene rings is 2. The SMILES string of the molecule is CC(=O)c1cccc(S(=O)(=O)Nc2ccc3c(c2)C(=O)N2CCCCC2CCO3)c1. The molecule has 2 heterocycles. The van der Waals surface area contributed by atoms with Gasteiger partial charge >= 0.3 is 0 Å². The third-order valence-corrected chi connectivity index (χ3v) is 6.99. The molecule has 8 heteroatoms. The van der Waals surface area contributed by atoms with E-state index < -0.39 is 10.0 Å². The van der Waals surface area contributed by atoms with E-state index >= 15 is 0 Å². The molecule has 0 aliphatic carbocycles. The molecule has 2 aromatic rings. The van der Waals surface area contributed by atoms with Gasteiger partial charge in [-0.25, -0.2) is 8.42 Å². The minimum absolute atomic E-state index is 0.0133. The summed E-state index contributed by atoms with van der Waals surface area (Å²) in [6.07, 6.45) is 3.83. The standard InChI is InChI=1S/C22H24N2O5S/c1-15(25)16-5-4-7-19(13-16)30(27,28)23-17-8-9-21-20(14-17)22(26)24-11-3-2-6-18(24)10-12-29-21/h4-5,7-9,13-14,18,23H,2-3,6,10-12H2,1H3. The van der Waals surface area contributed by atoms with Gasteiger partial charge in [-0.05, 0) is 56.5 Å². The molecular weight excluding hydrogens is 404 g/mol. The van der Waals surface area contributed by atoms with E-state index in [0.717, 1.165) is 25.7 Å². The van der Waals surface area contributed by atoms with Crippen molar-refractivity contribution in [1.29, 1.82) is 0 Å². The molecule has 0 spiro atoms. The van der Waals surface area contributed by atoms with Crippen LogP contribution in [0.2, 0.25) is 0 Å². The average Bonchev–Trinajstić information content (AvgIpc) is 2.73. The zero-order chi connectivity index (χ0) is 21.3. The highest BCUT2D eigenvalue weighted by Gasteiger charge is 2.31. The molecule has 1 N–H and O–H groups in total. The van der Waals surface area contributed by atoms with E-state index in [1.165, 1.54) is 31.2 Å². The summed E-state index contributed by atoms with van der Waals surface area (Å²) in [5.41, 5.74) is 0.947. The van der Waals surface area contributed by atoms with Gasteiger partial charge in [-0.2, -0.15) is 0 Å². The smallest absolute Gasteiger partial charge is 0.261 e. The molecule has 1 atom stereocenters. The van der Waals surface area contributed by atoms with E-state index in [0.29, 0.717) is 30.0 Å². The Morgan fingerprint density at radius 3 is 2.77 bits per heavy atom. The molecule has 1 saturated heterocycles. The quantitative estimate of drug-likeness (QED) is 0.753. The fraction of sp³-hybridized carbons (Fsp3) is 0.364. The second-order valence-electron chi connectivity index (χ2n) is 7.69. The van der Waals surface area contributed by atoms with Crippen molar-refractivity contribution in [2.45, 2.75) is 43.5 Å². The number of carbonyl (C=O) groups is 2. The summed E-state index contributed by atoms with van der Waals surface area (Å²) in [6, 6.07) is 10.8. The van der Waals surface area contributed by atoms with Gasteiger partial charge in [0, 0.05) is 30.3 Å². The van der Waals surface area contributed by atoms with Crippen molar-refractivity contribution >= 4 is 27.4 Å². The van der Waals surface area contributed by atoms with Gasteiger partial charge in [0.25, 0.3) is 15.9 Å². The largest absolute Gasteiger partial charge is 0.493 e. The number of ketones is 1. The lowest BCUT2D eigenvalue weighted by Crippen LogP contribution is -2.45. The van der Waals surface area contributed by atoms with Crippen molar-refractivity contribution < 1.29 is 22.7 Å². The Balaban J connectivity index is 1.64. The number of nitrogens with zero attached hydrogens (tertiary/aromatic N) is 1. The molecule has 2 aliphatic rings. The third-order valence-electron chi connectivity index (χ3n) is 5.61. The van der Waals surface area contributed by atoms with Gasteiger partial charge in [-0.15, -0.1) is 0 Å². The molecule has 7 nitrogen and oxygen atoms in total. The van der Waals surface area contributed by atoms with Crippen LogP contribution in [0.4, 0.5) is 5.69 Å². The predicted octanol–water partition coefficient (Wildman–Crippen LogP) is 3.47. The number of piperidine rings is 1. The van der Waals surface area contributed by atoms with E-state index in [2.05, 4.69) is 4.72 Å². The zero-order valence-electron chi connectivity index (χ0n) is 16.8. The van der Waals surface area contributed by atoms with E-state index in [-0.39, 0.29) is 28.3 Å². The number of hydrogen-bond donors (Lipinski definition) is 1. The minimum atomic E-state index is -3.92. The van der Waals surface area contributed by atoms with Gasteiger partial charge in [-0.3, -0.25) is 14.3 Å². The fourth-order valence-electron chi connectivity index (χ4n) is 4.01. The van der Waals surface area contributed by atoms with Gasteiger partial charge < -0.3 is 9.64 Å². The highest BCUT2D eigenvalue weighted by Crippen LogP contribution is 2.31. The number of anilines is 1. The van der Waals surface area contributed by atoms with Crippen LogP contribution >= 0.6 is 0 Å². The summed E-state index contributed by atoms with van der Waals surface area (Å²) in [5.74, 6) is 0.117. The summed E-state index contributed by atoms with van der Waals surface area (Å²) >= 11 is 0. The number of Topliss-reactive ketones (excluding diaryl/α,β-unsaturated/α-hetero) is 1. The lowest BCUT2D eigenvalue weighted by molar-refractivity contribution is 0.0548. The number of fused-ring (bicyclic) bond motifs is 2. The Hall–Kier alpha value is -2.87. The highest BCUT2D eigenvalue weighted by molar-refractivity contribution is 7.92. The normalized spacial score (nSPS) is 19.0.